The van der Waals surface area contributed by atoms with Crippen molar-refractivity contribution in [2.75, 3.05) is 0 Å². The summed E-state index contributed by atoms with van der Waals surface area (Å²) in [7, 11) is 0. The van der Waals surface area contributed by atoms with E-state index in [9.17, 15) is 15.0 Å². The van der Waals surface area contributed by atoms with Crippen molar-refractivity contribution in [3.8, 4) is 11.1 Å². The maximum absolute atomic E-state index is 11.3. The van der Waals surface area contributed by atoms with E-state index in [0.717, 1.165) is 66.4 Å². The van der Waals surface area contributed by atoms with Crippen molar-refractivity contribution in [2.24, 2.45) is 0 Å². The summed E-state index contributed by atoms with van der Waals surface area (Å²) in [6.45, 7) is 16.9. The van der Waals surface area contributed by atoms with Crippen LogP contribution in [-0.2, 0) is 23.1 Å². The summed E-state index contributed by atoms with van der Waals surface area (Å²) in [4.78, 5) is 11.3. The molecule has 0 heterocycles. The number of aryl methyl sites for hydroxylation is 2. The zero-order valence-corrected chi connectivity index (χ0v) is 24.7. The summed E-state index contributed by atoms with van der Waals surface area (Å²) in [5, 5.41) is 20.0. The highest BCUT2D eigenvalue weighted by molar-refractivity contribution is 5.78. The molecule has 0 spiro atoms. The van der Waals surface area contributed by atoms with E-state index in [0.29, 0.717) is 0 Å². The van der Waals surface area contributed by atoms with Crippen LogP contribution in [0.3, 0.4) is 0 Å². The third-order valence-electron chi connectivity index (χ3n) is 8.96. The molecule has 3 rings (SSSR count). The summed E-state index contributed by atoms with van der Waals surface area (Å²) >= 11 is 0. The number of benzene rings is 3. The number of carboxylic acids is 1. The van der Waals surface area contributed by atoms with Crippen LogP contribution in [0.25, 0.3) is 16.7 Å². The van der Waals surface area contributed by atoms with E-state index in [-0.39, 0.29) is 11.8 Å². The zero-order valence-electron chi connectivity index (χ0n) is 24.7. The van der Waals surface area contributed by atoms with Crippen molar-refractivity contribution in [3.63, 3.8) is 0 Å². The van der Waals surface area contributed by atoms with Crippen LogP contribution < -0.4 is 0 Å². The molecule has 3 aromatic rings. The normalized spacial score (nSPS) is 12.0. The molecule has 39 heavy (non-hydrogen) atoms. The van der Waals surface area contributed by atoms with Crippen molar-refractivity contribution in [3.05, 3.63) is 101 Å². The van der Waals surface area contributed by atoms with Crippen molar-refractivity contribution in [1.82, 2.24) is 0 Å². The fourth-order valence-corrected chi connectivity index (χ4v) is 5.93. The van der Waals surface area contributed by atoms with Crippen LogP contribution in [0.15, 0.2) is 67.2 Å². The Morgan fingerprint density at radius 1 is 0.795 bits per heavy atom. The van der Waals surface area contributed by atoms with Gasteiger partial charge in [0, 0.05) is 5.41 Å². The monoisotopic (exact) mass is 526 g/mol. The second-order valence-corrected chi connectivity index (χ2v) is 11.2. The fraction of sp³-hybridized carbons (Fsp3) is 0.417. The lowest BCUT2D eigenvalue weighted by Crippen LogP contribution is -2.27. The van der Waals surface area contributed by atoms with Gasteiger partial charge in [-0.05, 0) is 103 Å². The third-order valence-corrected chi connectivity index (χ3v) is 8.96. The summed E-state index contributed by atoms with van der Waals surface area (Å²) in [5.74, 6) is -0.836. The van der Waals surface area contributed by atoms with Crippen LogP contribution in [0, 0.1) is 6.92 Å². The molecule has 2 N–H and O–H groups in total. The lowest BCUT2D eigenvalue weighted by molar-refractivity contribution is -0.136. The number of aliphatic hydroxyl groups is 1. The van der Waals surface area contributed by atoms with Crippen molar-refractivity contribution in [1.29, 1.82) is 0 Å². The van der Waals surface area contributed by atoms with Gasteiger partial charge in [0.2, 0.25) is 0 Å². The predicted octanol–water partition coefficient (Wildman–Crippen LogP) is 8.91. The summed E-state index contributed by atoms with van der Waals surface area (Å²) in [6.07, 6.45) is 5.24. The van der Waals surface area contributed by atoms with Crippen molar-refractivity contribution >= 4 is 11.5 Å². The van der Waals surface area contributed by atoms with Gasteiger partial charge in [0.05, 0.1) is 12.0 Å². The molecule has 0 saturated carbocycles. The second kappa shape index (κ2) is 12.8. The number of hydrogen-bond donors (Lipinski definition) is 2. The Kier molecular flexibility index (Phi) is 9.96. The molecule has 0 fully saturated rings. The molecule has 0 saturated heterocycles. The van der Waals surface area contributed by atoms with E-state index in [2.05, 4.69) is 89.7 Å². The van der Waals surface area contributed by atoms with Gasteiger partial charge in [-0.25, -0.2) is 0 Å². The van der Waals surface area contributed by atoms with Crippen LogP contribution in [-0.4, -0.2) is 21.8 Å². The van der Waals surface area contributed by atoms with E-state index >= 15 is 0 Å². The van der Waals surface area contributed by atoms with Gasteiger partial charge in [-0.2, -0.15) is 0 Å². The number of aliphatic carboxylic acids is 1. The van der Waals surface area contributed by atoms with E-state index in [1.165, 1.54) is 22.3 Å². The minimum Gasteiger partial charge on any atom is -0.481 e. The standard InChI is InChI=1S/C36H46O3/c1-8-35(39,9-2)21-20-27-14-19-32(22-26(27)7)36(10-3,11-4)31-17-15-28(16-18-31)29-12-13-30(24-34(37)38)33(23-29)25(5)6/h12-19,22-23,39H,5,8-11,20-21,24H2,1-4,6-7H3,(H,37,38). The Labute approximate surface area is 235 Å². The molecular formula is C36H46O3. The third kappa shape index (κ3) is 6.70. The summed E-state index contributed by atoms with van der Waals surface area (Å²) in [6, 6.07) is 21.8. The first-order chi connectivity index (χ1) is 18.5. The molecule has 3 aromatic carbocycles. The molecule has 0 aromatic heterocycles. The number of allylic oxidation sites excluding steroid dienone is 1. The Bertz CT molecular complexity index is 1290. The quantitative estimate of drug-likeness (QED) is 0.234. The van der Waals surface area contributed by atoms with Gasteiger partial charge in [-0.1, -0.05) is 94.4 Å². The van der Waals surface area contributed by atoms with Crippen LogP contribution in [0.2, 0.25) is 0 Å². The topological polar surface area (TPSA) is 57.5 Å². The van der Waals surface area contributed by atoms with Crippen LogP contribution in [0.1, 0.15) is 100 Å². The van der Waals surface area contributed by atoms with Gasteiger partial charge in [0.25, 0.3) is 0 Å². The highest BCUT2D eigenvalue weighted by Crippen LogP contribution is 2.40. The molecule has 0 unspecified atom stereocenters. The van der Waals surface area contributed by atoms with E-state index in [1.54, 1.807) is 0 Å². The minimum atomic E-state index is -0.836. The lowest BCUT2D eigenvalue weighted by Gasteiger charge is -2.34. The SMILES string of the molecule is C=C(C)c1cc(-c2ccc(C(CC)(CC)c3ccc(CCC(O)(CC)CC)c(C)c3)cc2)ccc1CC(=O)O. The number of hydrogen-bond acceptors (Lipinski definition) is 2. The first-order valence-corrected chi connectivity index (χ1v) is 14.5. The summed E-state index contributed by atoms with van der Waals surface area (Å²) < 4.78 is 0. The van der Waals surface area contributed by atoms with Crippen LogP contribution in [0.5, 0.6) is 0 Å². The molecule has 208 valence electrons. The zero-order chi connectivity index (χ0) is 28.8. The number of carboxylic acid groups (broad SMARTS) is 1. The minimum absolute atomic E-state index is 0.00673. The maximum Gasteiger partial charge on any atom is 0.307 e. The van der Waals surface area contributed by atoms with Crippen LogP contribution in [0.4, 0.5) is 0 Å². The average Bonchev–Trinajstić information content (AvgIpc) is 2.93. The predicted molar refractivity (Wildman–Crippen MR) is 164 cm³/mol. The Balaban J connectivity index is 1.93. The van der Waals surface area contributed by atoms with E-state index < -0.39 is 11.6 Å². The molecule has 0 aliphatic carbocycles. The Morgan fingerprint density at radius 2 is 1.36 bits per heavy atom. The maximum atomic E-state index is 11.3. The van der Waals surface area contributed by atoms with E-state index in [4.69, 9.17) is 0 Å². The second-order valence-electron chi connectivity index (χ2n) is 11.2. The lowest BCUT2D eigenvalue weighted by atomic mass is 9.70. The molecular weight excluding hydrogens is 480 g/mol. The molecule has 0 aliphatic rings. The molecule has 0 aliphatic heterocycles. The highest BCUT2D eigenvalue weighted by Gasteiger charge is 2.31. The Morgan fingerprint density at radius 3 is 1.87 bits per heavy atom. The van der Waals surface area contributed by atoms with Gasteiger partial charge >= 0.3 is 5.97 Å². The average molecular weight is 527 g/mol. The van der Waals surface area contributed by atoms with Gasteiger partial charge in [-0.3, -0.25) is 4.79 Å². The molecule has 0 bridgehead atoms. The molecule has 3 heteroatoms. The molecule has 0 atom stereocenters. The van der Waals surface area contributed by atoms with Gasteiger partial charge in [0.1, 0.15) is 0 Å². The molecule has 3 nitrogen and oxygen atoms in total. The van der Waals surface area contributed by atoms with Crippen molar-refractivity contribution < 1.29 is 15.0 Å². The Hall–Kier alpha value is -3.17. The van der Waals surface area contributed by atoms with Gasteiger partial charge in [0.15, 0.2) is 0 Å². The van der Waals surface area contributed by atoms with Gasteiger partial charge in [-0.15, -0.1) is 0 Å². The highest BCUT2D eigenvalue weighted by atomic mass is 16.4. The molecule has 0 amide bonds. The number of rotatable bonds is 13. The summed E-state index contributed by atoms with van der Waals surface area (Å²) in [5.41, 5.74) is 9.32. The van der Waals surface area contributed by atoms with E-state index in [1.807, 2.05) is 19.1 Å². The smallest absolute Gasteiger partial charge is 0.307 e. The van der Waals surface area contributed by atoms with Gasteiger partial charge < -0.3 is 10.2 Å². The molecule has 0 radical (unpaired) electrons. The largest absolute Gasteiger partial charge is 0.481 e. The first-order valence-electron chi connectivity index (χ1n) is 14.5. The van der Waals surface area contributed by atoms with Crippen molar-refractivity contribution in [2.45, 2.75) is 97.5 Å². The fourth-order valence-electron chi connectivity index (χ4n) is 5.93. The number of carbonyl (C=O) groups is 1. The van der Waals surface area contributed by atoms with Crippen LogP contribution >= 0.6 is 0 Å². The first kappa shape index (κ1) is 30.4.